The van der Waals surface area contributed by atoms with Gasteiger partial charge in [0.05, 0.1) is 6.61 Å². The molecule has 1 aromatic rings. The molecular formula is C12H15NO2S. The van der Waals surface area contributed by atoms with Crippen molar-refractivity contribution >= 4 is 23.4 Å². The van der Waals surface area contributed by atoms with E-state index in [0.717, 1.165) is 10.6 Å². The Kier molecular flexibility index (Phi) is 3.39. The fraction of sp³-hybridized carbons (Fsp3) is 0.417. The number of hydrogen-bond donors (Lipinski definition) is 1. The maximum absolute atomic E-state index is 11.7. The number of esters is 1. The number of hydrogen-bond acceptors (Lipinski definition) is 4. The minimum absolute atomic E-state index is 0.0962. The van der Waals surface area contributed by atoms with Gasteiger partial charge in [-0.3, -0.25) is 4.79 Å². The first-order chi connectivity index (χ1) is 7.72. The third kappa shape index (κ3) is 2.16. The lowest BCUT2D eigenvalue weighted by Crippen LogP contribution is -2.38. The molecule has 2 atom stereocenters. The van der Waals surface area contributed by atoms with E-state index in [1.54, 1.807) is 11.8 Å². The Labute approximate surface area is 99.6 Å². The maximum atomic E-state index is 11.7. The summed E-state index contributed by atoms with van der Waals surface area (Å²) in [5.41, 5.74) is 1.10. The molecule has 1 aromatic carbocycles. The van der Waals surface area contributed by atoms with Crippen LogP contribution in [0.1, 0.15) is 13.8 Å². The van der Waals surface area contributed by atoms with Gasteiger partial charge in [-0.2, -0.15) is 0 Å². The van der Waals surface area contributed by atoms with Crippen LogP contribution in [0.4, 0.5) is 5.69 Å². The van der Waals surface area contributed by atoms with E-state index in [4.69, 9.17) is 4.74 Å². The van der Waals surface area contributed by atoms with Gasteiger partial charge in [0.2, 0.25) is 0 Å². The molecule has 3 nitrogen and oxygen atoms in total. The minimum atomic E-state index is -0.158. The molecular weight excluding hydrogens is 222 g/mol. The molecule has 86 valence electrons. The van der Waals surface area contributed by atoms with Gasteiger partial charge in [-0.25, -0.2) is 0 Å². The monoisotopic (exact) mass is 237 g/mol. The van der Waals surface area contributed by atoms with Crippen molar-refractivity contribution in [2.24, 2.45) is 0 Å². The molecule has 0 aliphatic carbocycles. The highest BCUT2D eigenvalue weighted by molar-refractivity contribution is 8.01. The second-order valence-corrected chi connectivity index (χ2v) is 4.90. The van der Waals surface area contributed by atoms with Crippen molar-refractivity contribution in [3.05, 3.63) is 24.3 Å². The van der Waals surface area contributed by atoms with Gasteiger partial charge in [0.15, 0.2) is 0 Å². The number of thioether (sulfide) groups is 1. The van der Waals surface area contributed by atoms with Crippen LogP contribution in [0.3, 0.4) is 0 Å². The number of benzene rings is 1. The Morgan fingerprint density at radius 1 is 1.50 bits per heavy atom. The van der Waals surface area contributed by atoms with Crippen LogP contribution in [0.5, 0.6) is 0 Å². The molecule has 1 N–H and O–H groups in total. The summed E-state index contributed by atoms with van der Waals surface area (Å²) in [5.74, 6) is -0.137. The third-order valence-electron chi connectivity index (χ3n) is 2.50. The Morgan fingerprint density at radius 3 is 3.00 bits per heavy atom. The van der Waals surface area contributed by atoms with Gasteiger partial charge in [-0.1, -0.05) is 12.1 Å². The summed E-state index contributed by atoms with van der Waals surface area (Å²) in [4.78, 5) is 12.8. The van der Waals surface area contributed by atoms with E-state index in [1.807, 2.05) is 38.1 Å². The molecule has 0 saturated carbocycles. The van der Waals surface area contributed by atoms with Crippen molar-refractivity contribution < 1.29 is 9.53 Å². The first kappa shape index (κ1) is 11.3. The van der Waals surface area contributed by atoms with Crippen LogP contribution < -0.4 is 5.32 Å². The number of carbonyl (C=O) groups excluding carboxylic acids is 1. The van der Waals surface area contributed by atoms with E-state index >= 15 is 0 Å². The summed E-state index contributed by atoms with van der Waals surface area (Å²) in [6, 6.07) is 8.11. The lowest BCUT2D eigenvalue weighted by molar-refractivity contribution is -0.142. The van der Waals surface area contributed by atoms with Gasteiger partial charge in [0.25, 0.3) is 0 Å². The van der Waals surface area contributed by atoms with E-state index in [9.17, 15) is 4.79 Å². The zero-order valence-electron chi connectivity index (χ0n) is 9.40. The molecule has 0 spiro atoms. The predicted molar refractivity (Wildman–Crippen MR) is 65.8 cm³/mol. The fourth-order valence-electron chi connectivity index (χ4n) is 1.73. The number of rotatable bonds is 2. The second kappa shape index (κ2) is 4.78. The first-order valence-corrected chi connectivity index (χ1v) is 6.29. The molecule has 0 radical (unpaired) electrons. The van der Waals surface area contributed by atoms with Gasteiger partial charge in [-0.05, 0) is 26.0 Å². The van der Waals surface area contributed by atoms with Gasteiger partial charge in [0, 0.05) is 16.6 Å². The van der Waals surface area contributed by atoms with Crippen LogP contribution in [0.2, 0.25) is 0 Å². The van der Waals surface area contributed by atoms with Crippen LogP contribution in [0, 0.1) is 0 Å². The van der Waals surface area contributed by atoms with E-state index in [2.05, 4.69) is 5.32 Å². The van der Waals surface area contributed by atoms with E-state index in [1.165, 1.54) is 0 Å². The zero-order valence-corrected chi connectivity index (χ0v) is 10.2. The molecule has 1 heterocycles. The molecule has 0 amide bonds. The van der Waals surface area contributed by atoms with Crippen molar-refractivity contribution in [1.29, 1.82) is 0 Å². The summed E-state index contributed by atoms with van der Waals surface area (Å²) in [7, 11) is 0. The molecule has 0 saturated heterocycles. The van der Waals surface area contributed by atoms with Crippen molar-refractivity contribution in [1.82, 2.24) is 0 Å². The SMILES string of the molecule is CCOC(=O)C1Sc2ccccc2NC1C. The molecule has 0 bridgehead atoms. The van der Waals surface area contributed by atoms with Crippen LogP contribution >= 0.6 is 11.8 Å². The molecule has 0 aromatic heterocycles. The van der Waals surface area contributed by atoms with E-state index in [-0.39, 0.29) is 17.3 Å². The molecule has 2 unspecified atom stereocenters. The second-order valence-electron chi connectivity index (χ2n) is 3.72. The zero-order chi connectivity index (χ0) is 11.5. The standard InChI is InChI=1S/C12H15NO2S/c1-3-15-12(14)11-8(2)13-9-6-4-5-7-10(9)16-11/h4-8,11,13H,3H2,1-2H3. The predicted octanol–water partition coefficient (Wildman–Crippen LogP) is 2.52. The van der Waals surface area contributed by atoms with Crippen LogP contribution in [0.25, 0.3) is 0 Å². The van der Waals surface area contributed by atoms with Gasteiger partial charge < -0.3 is 10.1 Å². The van der Waals surface area contributed by atoms with Crippen molar-refractivity contribution in [2.45, 2.75) is 30.0 Å². The molecule has 1 aliphatic heterocycles. The number of ether oxygens (including phenoxy) is 1. The molecule has 1 aliphatic rings. The Morgan fingerprint density at radius 2 is 2.25 bits per heavy atom. The number of para-hydroxylation sites is 1. The highest BCUT2D eigenvalue weighted by atomic mass is 32.2. The van der Waals surface area contributed by atoms with Crippen LogP contribution in [0.15, 0.2) is 29.2 Å². The largest absolute Gasteiger partial charge is 0.465 e. The fourth-order valence-corrected chi connectivity index (χ4v) is 2.85. The maximum Gasteiger partial charge on any atom is 0.321 e. The lowest BCUT2D eigenvalue weighted by Gasteiger charge is -2.30. The van der Waals surface area contributed by atoms with Gasteiger partial charge in [0.1, 0.15) is 5.25 Å². The first-order valence-electron chi connectivity index (χ1n) is 5.41. The molecule has 4 heteroatoms. The van der Waals surface area contributed by atoms with E-state index in [0.29, 0.717) is 6.61 Å². The topological polar surface area (TPSA) is 38.3 Å². The average molecular weight is 237 g/mol. The van der Waals surface area contributed by atoms with Crippen LogP contribution in [-0.2, 0) is 9.53 Å². The number of anilines is 1. The van der Waals surface area contributed by atoms with Crippen molar-refractivity contribution in [2.75, 3.05) is 11.9 Å². The number of fused-ring (bicyclic) bond motifs is 1. The summed E-state index contributed by atoms with van der Waals surface area (Å²) < 4.78 is 5.07. The lowest BCUT2D eigenvalue weighted by atomic mass is 10.2. The summed E-state index contributed by atoms with van der Waals surface area (Å²) in [5, 5.41) is 3.17. The van der Waals surface area contributed by atoms with Crippen LogP contribution in [-0.4, -0.2) is 23.9 Å². The number of carbonyl (C=O) groups is 1. The van der Waals surface area contributed by atoms with Crippen molar-refractivity contribution in [3.63, 3.8) is 0 Å². The average Bonchev–Trinajstić information content (AvgIpc) is 2.28. The highest BCUT2D eigenvalue weighted by Gasteiger charge is 2.32. The summed E-state index contributed by atoms with van der Waals surface area (Å²) in [6.45, 7) is 4.27. The third-order valence-corrected chi connectivity index (χ3v) is 3.96. The smallest absolute Gasteiger partial charge is 0.321 e. The Balaban J connectivity index is 2.18. The normalized spacial score (nSPS) is 23.1. The van der Waals surface area contributed by atoms with Crippen molar-refractivity contribution in [3.8, 4) is 0 Å². The quantitative estimate of drug-likeness (QED) is 0.802. The molecule has 16 heavy (non-hydrogen) atoms. The Bertz CT molecular complexity index is 394. The minimum Gasteiger partial charge on any atom is -0.465 e. The summed E-state index contributed by atoms with van der Waals surface area (Å²) in [6.07, 6.45) is 0. The van der Waals surface area contributed by atoms with Gasteiger partial charge >= 0.3 is 5.97 Å². The molecule has 0 fully saturated rings. The number of nitrogens with one attached hydrogen (secondary N) is 1. The summed E-state index contributed by atoms with van der Waals surface area (Å²) >= 11 is 1.58. The molecule has 2 rings (SSSR count). The Hall–Kier alpha value is -1.16. The highest BCUT2D eigenvalue weighted by Crippen LogP contribution is 2.37. The van der Waals surface area contributed by atoms with Gasteiger partial charge in [-0.15, -0.1) is 11.8 Å². The van der Waals surface area contributed by atoms with E-state index < -0.39 is 0 Å².